The van der Waals surface area contributed by atoms with Gasteiger partial charge < -0.3 is 24.6 Å². The Morgan fingerprint density at radius 3 is 2.97 bits per heavy atom. The lowest BCUT2D eigenvalue weighted by atomic mass is 10.0. The molecule has 158 valence electrons. The maximum atomic E-state index is 12.9. The molecule has 1 aliphatic heterocycles. The van der Waals surface area contributed by atoms with Crippen molar-refractivity contribution in [2.75, 3.05) is 32.8 Å². The predicted molar refractivity (Wildman–Crippen MR) is 112 cm³/mol. The minimum atomic E-state index is -0.442. The van der Waals surface area contributed by atoms with Crippen molar-refractivity contribution in [3.05, 3.63) is 52.2 Å². The number of carbonyl (C=O) groups is 2. The lowest BCUT2D eigenvalue weighted by Crippen LogP contribution is -2.42. The summed E-state index contributed by atoms with van der Waals surface area (Å²) in [6.07, 6.45) is 0.248. The van der Waals surface area contributed by atoms with E-state index < -0.39 is 6.10 Å². The van der Waals surface area contributed by atoms with Gasteiger partial charge in [-0.05, 0) is 17.9 Å². The van der Waals surface area contributed by atoms with Crippen molar-refractivity contribution in [3.8, 4) is 0 Å². The number of amides is 2. The van der Waals surface area contributed by atoms with Crippen LogP contribution in [0.2, 0.25) is 0 Å². The van der Waals surface area contributed by atoms with Gasteiger partial charge in [0.05, 0.1) is 30.3 Å². The van der Waals surface area contributed by atoms with Crippen molar-refractivity contribution in [2.45, 2.75) is 19.4 Å². The summed E-state index contributed by atoms with van der Waals surface area (Å²) in [6.45, 7) is 3.08. The fourth-order valence-electron chi connectivity index (χ4n) is 3.55. The van der Waals surface area contributed by atoms with E-state index in [1.54, 1.807) is 11.0 Å². The maximum Gasteiger partial charge on any atom is 0.292 e. The van der Waals surface area contributed by atoms with E-state index in [9.17, 15) is 9.59 Å². The van der Waals surface area contributed by atoms with Crippen LogP contribution in [-0.2, 0) is 11.2 Å². The first kappa shape index (κ1) is 20.5. The highest BCUT2D eigenvalue weighted by Gasteiger charge is 2.32. The number of hydrogen-bond donors (Lipinski definition) is 2. The van der Waals surface area contributed by atoms with E-state index in [4.69, 9.17) is 14.4 Å². The molecule has 0 saturated carbocycles. The molecule has 1 atom stereocenters. The lowest BCUT2D eigenvalue weighted by molar-refractivity contribution is -0.0234. The first-order valence-electron chi connectivity index (χ1n) is 9.89. The molecule has 9 heteroatoms. The van der Waals surface area contributed by atoms with Gasteiger partial charge in [-0.25, -0.2) is 0 Å². The van der Waals surface area contributed by atoms with E-state index >= 15 is 0 Å². The van der Waals surface area contributed by atoms with Gasteiger partial charge in [-0.2, -0.15) is 0 Å². The number of aliphatic hydroxyl groups excluding tert-OH is 1. The number of nitrogens with one attached hydrogen (secondary N) is 1. The number of morpholine rings is 1. The van der Waals surface area contributed by atoms with Gasteiger partial charge in [-0.1, -0.05) is 30.3 Å². The Balaban J connectivity index is 1.64. The number of aryl methyl sites for hydroxylation is 1. The molecule has 8 nitrogen and oxygen atoms in total. The molecule has 0 aliphatic carbocycles. The van der Waals surface area contributed by atoms with E-state index in [1.807, 2.05) is 31.2 Å². The molecule has 1 saturated heterocycles. The minimum absolute atomic E-state index is 0.134. The first-order chi connectivity index (χ1) is 14.6. The molecule has 1 fully saturated rings. The van der Waals surface area contributed by atoms with Gasteiger partial charge in [-0.3, -0.25) is 9.59 Å². The summed E-state index contributed by atoms with van der Waals surface area (Å²) >= 11 is 1.38. The maximum absolute atomic E-state index is 12.9. The van der Waals surface area contributed by atoms with Crippen molar-refractivity contribution in [1.29, 1.82) is 0 Å². The normalized spacial score (nSPS) is 16.7. The Morgan fingerprint density at radius 2 is 2.20 bits per heavy atom. The Hall–Kier alpha value is -2.75. The average Bonchev–Trinajstić information content (AvgIpc) is 3.42. The molecule has 2 aromatic heterocycles. The van der Waals surface area contributed by atoms with Crippen molar-refractivity contribution in [2.24, 2.45) is 0 Å². The van der Waals surface area contributed by atoms with E-state index in [0.717, 1.165) is 21.3 Å². The monoisotopic (exact) mass is 429 g/mol. The summed E-state index contributed by atoms with van der Waals surface area (Å²) < 4.78 is 12.2. The highest BCUT2D eigenvalue weighted by atomic mass is 32.1. The standard InChI is InChI=1S/C21H23N3O5S/c1-2-13-11-15(29-23-13)21(27)24-8-10-28-16(12-24)18-14-5-3-4-6-17(14)30-19(18)20(26)22-7-9-25/h3-6,11,16,25H,2,7-10,12H2,1H3,(H,22,26). The van der Waals surface area contributed by atoms with Crippen molar-refractivity contribution in [1.82, 2.24) is 15.4 Å². The summed E-state index contributed by atoms with van der Waals surface area (Å²) in [5.41, 5.74) is 1.50. The Labute approximate surface area is 177 Å². The quantitative estimate of drug-likeness (QED) is 0.623. The number of thiophene rings is 1. The first-order valence-corrected chi connectivity index (χ1v) is 10.7. The molecule has 1 aliphatic rings. The smallest absolute Gasteiger partial charge is 0.292 e. The molecular weight excluding hydrogens is 406 g/mol. The SMILES string of the molecule is CCc1cc(C(=O)N2CCOC(c3c(C(=O)NCCO)sc4ccccc34)C2)on1. The number of aromatic nitrogens is 1. The van der Waals surface area contributed by atoms with Crippen molar-refractivity contribution < 1.29 is 24.0 Å². The summed E-state index contributed by atoms with van der Waals surface area (Å²) in [5.74, 6) is -0.278. The van der Waals surface area contributed by atoms with Gasteiger partial charge in [0.25, 0.3) is 11.8 Å². The third-order valence-electron chi connectivity index (χ3n) is 5.05. The largest absolute Gasteiger partial charge is 0.395 e. The summed E-state index contributed by atoms with van der Waals surface area (Å²) in [7, 11) is 0. The molecule has 2 amide bonds. The second-order valence-electron chi connectivity index (χ2n) is 6.97. The molecule has 3 heterocycles. The highest BCUT2D eigenvalue weighted by Crippen LogP contribution is 2.38. The van der Waals surface area contributed by atoms with Crippen LogP contribution in [-0.4, -0.2) is 59.8 Å². The number of benzene rings is 1. The van der Waals surface area contributed by atoms with Gasteiger partial charge >= 0.3 is 0 Å². The van der Waals surface area contributed by atoms with Crippen LogP contribution in [0.4, 0.5) is 0 Å². The Bertz CT molecular complexity index is 1060. The summed E-state index contributed by atoms with van der Waals surface area (Å²) in [5, 5.41) is 16.6. The number of hydrogen-bond acceptors (Lipinski definition) is 7. The molecular formula is C21H23N3O5S. The average molecular weight is 429 g/mol. The van der Waals surface area contributed by atoms with Crippen LogP contribution in [0, 0.1) is 0 Å². The zero-order chi connectivity index (χ0) is 21.1. The van der Waals surface area contributed by atoms with Crippen LogP contribution < -0.4 is 5.32 Å². The Kier molecular flexibility index (Phi) is 6.12. The van der Waals surface area contributed by atoms with Gasteiger partial charge in [0.2, 0.25) is 5.76 Å². The zero-order valence-corrected chi connectivity index (χ0v) is 17.4. The molecule has 30 heavy (non-hydrogen) atoms. The number of rotatable bonds is 6. The molecule has 2 N–H and O–H groups in total. The third kappa shape index (κ3) is 3.96. The molecule has 3 aromatic rings. The van der Waals surface area contributed by atoms with E-state index in [1.165, 1.54) is 11.3 Å². The number of ether oxygens (including phenoxy) is 1. The molecule has 4 rings (SSSR count). The molecule has 1 unspecified atom stereocenters. The molecule has 0 bridgehead atoms. The topological polar surface area (TPSA) is 105 Å². The van der Waals surface area contributed by atoms with E-state index in [-0.39, 0.29) is 30.7 Å². The van der Waals surface area contributed by atoms with E-state index in [0.29, 0.717) is 31.0 Å². The predicted octanol–water partition coefficient (Wildman–Crippen LogP) is 2.39. The number of fused-ring (bicyclic) bond motifs is 1. The number of carbonyl (C=O) groups excluding carboxylic acids is 2. The molecule has 0 radical (unpaired) electrons. The number of nitrogens with zero attached hydrogens (tertiary/aromatic N) is 2. The number of aliphatic hydroxyl groups is 1. The van der Waals surface area contributed by atoms with Crippen LogP contribution in [0.3, 0.4) is 0 Å². The van der Waals surface area contributed by atoms with Crippen LogP contribution in [0.5, 0.6) is 0 Å². The van der Waals surface area contributed by atoms with Crippen molar-refractivity contribution in [3.63, 3.8) is 0 Å². The summed E-state index contributed by atoms with van der Waals surface area (Å²) in [4.78, 5) is 27.9. The highest BCUT2D eigenvalue weighted by molar-refractivity contribution is 7.21. The fraction of sp³-hybridized carbons (Fsp3) is 0.381. The van der Waals surface area contributed by atoms with Crippen LogP contribution in [0.25, 0.3) is 10.1 Å². The van der Waals surface area contributed by atoms with Gasteiger partial charge in [-0.15, -0.1) is 11.3 Å². The van der Waals surface area contributed by atoms with Crippen LogP contribution in [0.1, 0.15) is 44.5 Å². The second kappa shape index (κ2) is 8.95. The fourth-order valence-corrected chi connectivity index (χ4v) is 4.72. The molecule has 1 aromatic carbocycles. The van der Waals surface area contributed by atoms with E-state index in [2.05, 4.69) is 10.5 Å². The minimum Gasteiger partial charge on any atom is -0.395 e. The second-order valence-corrected chi connectivity index (χ2v) is 8.02. The molecule has 0 spiro atoms. The lowest BCUT2D eigenvalue weighted by Gasteiger charge is -2.32. The van der Waals surface area contributed by atoms with Crippen LogP contribution >= 0.6 is 11.3 Å². The van der Waals surface area contributed by atoms with Gasteiger partial charge in [0, 0.05) is 29.4 Å². The summed E-state index contributed by atoms with van der Waals surface area (Å²) in [6, 6.07) is 9.42. The van der Waals surface area contributed by atoms with Gasteiger partial charge in [0.1, 0.15) is 6.10 Å². The van der Waals surface area contributed by atoms with Crippen LogP contribution in [0.15, 0.2) is 34.9 Å². The third-order valence-corrected chi connectivity index (χ3v) is 6.23. The Morgan fingerprint density at radius 1 is 1.37 bits per heavy atom. The van der Waals surface area contributed by atoms with Gasteiger partial charge in [0.15, 0.2) is 0 Å². The van der Waals surface area contributed by atoms with Crippen molar-refractivity contribution >= 4 is 33.2 Å². The zero-order valence-electron chi connectivity index (χ0n) is 16.6.